The van der Waals surface area contributed by atoms with Crippen LogP contribution in [-0.4, -0.2) is 32.0 Å². The summed E-state index contributed by atoms with van der Waals surface area (Å²) < 4.78 is 63.7. The molecule has 0 saturated heterocycles. The molecule has 0 spiro atoms. The van der Waals surface area contributed by atoms with Crippen LogP contribution < -0.4 is 9.47 Å². The number of hydrogen-bond donors (Lipinski definition) is 0. The van der Waals surface area contributed by atoms with E-state index in [1.807, 2.05) is 12.1 Å². The van der Waals surface area contributed by atoms with E-state index in [0.29, 0.717) is 35.2 Å². The molecule has 2 aliphatic carbocycles. The molecule has 184 valence electrons. The fraction of sp³-hybridized carbons (Fsp3) is 0.370. The van der Waals surface area contributed by atoms with Crippen molar-refractivity contribution in [3.8, 4) is 22.8 Å². The number of rotatable bonds is 9. The second-order valence-corrected chi connectivity index (χ2v) is 11.7. The molecule has 1 heterocycles. The van der Waals surface area contributed by atoms with Gasteiger partial charge in [0.25, 0.3) is 0 Å². The van der Waals surface area contributed by atoms with Crippen LogP contribution >= 0.6 is 0 Å². The third-order valence-corrected chi connectivity index (χ3v) is 7.78. The van der Waals surface area contributed by atoms with Crippen LogP contribution in [0.3, 0.4) is 0 Å². The Balaban J connectivity index is 1.29. The zero-order valence-corrected chi connectivity index (χ0v) is 20.5. The molecule has 2 atom stereocenters. The molecule has 1 saturated carbocycles. The molecule has 3 aromatic rings. The summed E-state index contributed by atoms with van der Waals surface area (Å²) in [5.74, 6) is 1.07. The van der Waals surface area contributed by atoms with Crippen molar-refractivity contribution in [2.24, 2.45) is 5.92 Å². The van der Waals surface area contributed by atoms with Gasteiger partial charge >= 0.3 is 0 Å². The van der Waals surface area contributed by atoms with E-state index in [2.05, 4.69) is 11.1 Å². The van der Waals surface area contributed by atoms with Gasteiger partial charge in [-0.05, 0) is 79.5 Å². The Morgan fingerprint density at radius 1 is 1.06 bits per heavy atom. The molecule has 2 aromatic carbocycles. The van der Waals surface area contributed by atoms with Gasteiger partial charge in [0.05, 0.1) is 17.9 Å². The predicted octanol–water partition coefficient (Wildman–Crippen LogP) is 5.39. The number of ether oxygens (including phenoxy) is 2. The largest absolute Gasteiger partial charge is 0.489 e. The summed E-state index contributed by atoms with van der Waals surface area (Å²) in [5, 5.41) is 0. The number of fused-ring (bicyclic) bond motifs is 3. The third-order valence-electron chi connectivity index (χ3n) is 6.75. The first kappa shape index (κ1) is 23.7. The monoisotopic (exact) mass is 499 g/mol. The number of hydrogen-bond acceptors (Lipinski definition) is 5. The fourth-order valence-electron chi connectivity index (χ4n) is 4.84. The molecule has 0 bridgehead atoms. The van der Waals surface area contributed by atoms with E-state index < -0.39 is 21.5 Å². The standard InChI is InChI=1S/C27H27F2NO4S/c1-16-20(7-9-26(30-16)33-10-3-11-35(2,31)32)22-6-8-25(28)24(27(22)29)15-34-19-4-5-21-17(13-19)12-18-14-23(18)21/h4-9,13,18,23H,3,10-12,14-15H2,1-2H3. The highest BCUT2D eigenvalue weighted by molar-refractivity contribution is 7.90. The Labute approximate surface area is 204 Å². The van der Waals surface area contributed by atoms with Gasteiger partial charge in [0.2, 0.25) is 5.88 Å². The van der Waals surface area contributed by atoms with E-state index in [1.54, 1.807) is 19.1 Å². The number of aromatic nitrogens is 1. The van der Waals surface area contributed by atoms with Gasteiger partial charge in [0.15, 0.2) is 0 Å². The van der Waals surface area contributed by atoms with Crippen molar-refractivity contribution in [3.63, 3.8) is 0 Å². The van der Waals surface area contributed by atoms with Crippen LogP contribution in [0.5, 0.6) is 11.6 Å². The van der Waals surface area contributed by atoms with Crippen LogP contribution in [0, 0.1) is 24.5 Å². The second-order valence-electron chi connectivity index (χ2n) is 9.46. The van der Waals surface area contributed by atoms with Crippen molar-refractivity contribution in [1.82, 2.24) is 4.98 Å². The number of benzene rings is 2. The van der Waals surface area contributed by atoms with Crippen molar-refractivity contribution < 1.29 is 26.7 Å². The first-order valence-electron chi connectivity index (χ1n) is 11.7. The van der Waals surface area contributed by atoms with E-state index in [4.69, 9.17) is 9.47 Å². The number of halogens is 2. The highest BCUT2D eigenvalue weighted by Crippen LogP contribution is 2.56. The highest BCUT2D eigenvalue weighted by atomic mass is 32.2. The first-order chi connectivity index (χ1) is 16.7. The van der Waals surface area contributed by atoms with E-state index in [1.165, 1.54) is 35.9 Å². The first-order valence-corrected chi connectivity index (χ1v) is 13.8. The average molecular weight is 500 g/mol. The molecule has 0 aliphatic heterocycles. The average Bonchev–Trinajstić information content (AvgIpc) is 3.47. The van der Waals surface area contributed by atoms with Crippen LogP contribution in [0.2, 0.25) is 0 Å². The van der Waals surface area contributed by atoms with Gasteiger partial charge in [-0.1, -0.05) is 6.07 Å². The van der Waals surface area contributed by atoms with Gasteiger partial charge in [-0.15, -0.1) is 0 Å². The molecule has 1 aromatic heterocycles. The lowest BCUT2D eigenvalue weighted by Gasteiger charge is -2.14. The quantitative estimate of drug-likeness (QED) is 0.370. The Bertz CT molecular complexity index is 1390. The summed E-state index contributed by atoms with van der Waals surface area (Å²) in [6.45, 7) is 1.70. The van der Waals surface area contributed by atoms with Crippen molar-refractivity contribution in [1.29, 1.82) is 0 Å². The molecule has 1 fully saturated rings. The van der Waals surface area contributed by atoms with Crippen molar-refractivity contribution in [3.05, 3.63) is 76.5 Å². The molecular weight excluding hydrogens is 472 g/mol. The number of sulfone groups is 1. The molecule has 2 unspecified atom stereocenters. The molecule has 8 heteroatoms. The topological polar surface area (TPSA) is 65.5 Å². The molecule has 5 rings (SSSR count). The lowest BCUT2D eigenvalue weighted by molar-refractivity contribution is 0.292. The van der Waals surface area contributed by atoms with E-state index in [-0.39, 0.29) is 30.1 Å². The van der Waals surface area contributed by atoms with Gasteiger partial charge in [-0.3, -0.25) is 0 Å². The summed E-state index contributed by atoms with van der Waals surface area (Å²) in [6.07, 6.45) is 3.84. The molecule has 0 radical (unpaired) electrons. The Morgan fingerprint density at radius 2 is 1.86 bits per heavy atom. The SMILES string of the molecule is Cc1nc(OCCCS(C)(=O)=O)ccc1-c1ccc(F)c(COc2ccc3c(c2)CC2CC32)c1F. The molecular formula is C27H27F2NO4S. The van der Waals surface area contributed by atoms with E-state index in [0.717, 1.165) is 12.3 Å². The summed E-state index contributed by atoms with van der Waals surface area (Å²) in [5.41, 5.74) is 3.79. The fourth-order valence-corrected chi connectivity index (χ4v) is 5.48. The van der Waals surface area contributed by atoms with Crippen molar-refractivity contribution in [2.75, 3.05) is 18.6 Å². The maximum absolute atomic E-state index is 15.4. The smallest absolute Gasteiger partial charge is 0.213 e. The normalized spacial score (nSPS) is 18.2. The highest BCUT2D eigenvalue weighted by Gasteiger charge is 2.44. The Morgan fingerprint density at radius 3 is 2.63 bits per heavy atom. The van der Waals surface area contributed by atoms with Crippen LogP contribution in [-0.2, 0) is 22.9 Å². The second kappa shape index (κ2) is 9.22. The van der Waals surface area contributed by atoms with Crippen molar-refractivity contribution >= 4 is 9.84 Å². The van der Waals surface area contributed by atoms with Gasteiger partial charge in [0, 0.05) is 29.1 Å². The maximum atomic E-state index is 15.4. The van der Waals surface area contributed by atoms with Crippen LogP contribution in [0.4, 0.5) is 8.78 Å². The summed E-state index contributed by atoms with van der Waals surface area (Å²) in [7, 11) is -3.05. The van der Waals surface area contributed by atoms with Crippen LogP contribution in [0.15, 0.2) is 42.5 Å². The number of nitrogens with zero attached hydrogens (tertiary/aromatic N) is 1. The molecule has 35 heavy (non-hydrogen) atoms. The summed E-state index contributed by atoms with van der Waals surface area (Å²) in [4.78, 5) is 4.35. The molecule has 5 nitrogen and oxygen atoms in total. The van der Waals surface area contributed by atoms with E-state index >= 15 is 4.39 Å². The predicted molar refractivity (Wildman–Crippen MR) is 129 cm³/mol. The number of aryl methyl sites for hydroxylation is 1. The summed E-state index contributed by atoms with van der Waals surface area (Å²) >= 11 is 0. The van der Waals surface area contributed by atoms with Gasteiger partial charge in [0.1, 0.15) is 33.8 Å². The number of pyridine rings is 1. The lowest BCUT2D eigenvalue weighted by atomic mass is 10.0. The maximum Gasteiger partial charge on any atom is 0.213 e. The van der Waals surface area contributed by atoms with Crippen LogP contribution in [0.1, 0.15) is 41.1 Å². The molecule has 0 amide bonds. The van der Waals surface area contributed by atoms with Gasteiger partial charge in [-0.2, -0.15) is 0 Å². The van der Waals surface area contributed by atoms with Gasteiger partial charge in [-0.25, -0.2) is 22.2 Å². The van der Waals surface area contributed by atoms with Gasteiger partial charge < -0.3 is 9.47 Å². The van der Waals surface area contributed by atoms with Crippen LogP contribution in [0.25, 0.3) is 11.1 Å². The minimum atomic E-state index is -3.05. The summed E-state index contributed by atoms with van der Waals surface area (Å²) in [6, 6.07) is 11.8. The zero-order valence-electron chi connectivity index (χ0n) is 19.7. The third kappa shape index (κ3) is 5.17. The minimum absolute atomic E-state index is 0.0300. The van der Waals surface area contributed by atoms with Crippen molar-refractivity contribution in [2.45, 2.75) is 38.7 Å². The minimum Gasteiger partial charge on any atom is -0.489 e. The molecule has 2 aliphatic rings. The Kier molecular flexibility index (Phi) is 6.25. The Hall–Kier alpha value is -3.00. The lowest BCUT2D eigenvalue weighted by Crippen LogP contribution is -2.09. The van der Waals surface area contributed by atoms with E-state index in [9.17, 15) is 12.8 Å². The zero-order chi connectivity index (χ0) is 24.7. The molecule has 0 N–H and O–H groups in total.